The number of hydrogen-bond donors (Lipinski definition) is 2. The zero-order valence-electron chi connectivity index (χ0n) is 16.4. The van der Waals surface area contributed by atoms with Crippen molar-refractivity contribution in [2.45, 2.75) is 57.9 Å². The molecule has 1 aromatic rings. The van der Waals surface area contributed by atoms with Gasteiger partial charge in [0, 0.05) is 0 Å². The molecule has 27 heavy (non-hydrogen) atoms. The maximum atomic E-state index is 13.0. The Bertz CT molecular complexity index is 624. The van der Waals surface area contributed by atoms with E-state index in [2.05, 4.69) is 0 Å². The predicted octanol–water partition coefficient (Wildman–Crippen LogP) is 1.65. The van der Waals surface area contributed by atoms with Crippen molar-refractivity contribution in [2.24, 2.45) is 17.4 Å². The second-order valence-corrected chi connectivity index (χ2v) is 7.90. The molecule has 0 aromatic heterocycles. The Hall–Kier alpha value is -2.12. The van der Waals surface area contributed by atoms with E-state index in [1.807, 2.05) is 11.0 Å². The quantitative estimate of drug-likeness (QED) is 0.552. The second kappa shape index (κ2) is 9.19. The van der Waals surface area contributed by atoms with Crippen molar-refractivity contribution in [3.8, 4) is 5.75 Å². The van der Waals surface area contributed by atoms with Crippen LogP contribution in [0.25, 0.3) is 0 Å². The van der Waals surface area contributed by atoms with E-state index in [-0.39, 0.29) is 0 Å². The summed E-state index contributed by atoms with van der Waals surface area (Å²) < 4.78 is 11.3. The van der Waals surface area contributed by atoms with Gasteiger partial charge in [0.05, 0.1) is 0 Å². The molecule has 1 fully saturated rings. The van der Waals surface area contributed by atoms with E-state index in [4.69, 9.17) is 20.9 Å². The molecule has 1 aliphatic rings. The third-order valence-corrected chi connectivity index (χ3v) is 4.46. The number of likely N-dealkylation sites (tertiary alicyclic amines) is 1. The molecule has 4 N–H and O–H groups in total. The molecule has 1 heterocycles. The van der Waals surface area contributed by atoms with Crippen molar-refractivity contribution >= 4 is 11.9 Å². The van der Waals surface area contributed by atoms with E-state index in [9.17, 15) is 9.59 Å². The Morgan fingerprint density at radius 1 is 1.07 bits per heavy atom. The molecule has 7 nitrogen and oxygen atoms in total. The summed E-state index contributed by atoms with van der Waals surface area (Å²) in [5.74, 6) is -1.69. The van der Waals surface area contributed by atoms with Crippen LogP contribution in [0.5, 0.6) is 5.75 Å². The zero-order valence-corrected chi connectivity index (χ0v) is 16.4. The minimum Gasteiger partial charge on any atom is -0.475 e. The zero-order chi connectivity index (χ0) is 20.0. The van der Waals surface area contributed by atoms with Gasteiger partial charge >= 0.3 is 5.97 Å². The highest BCUT2D eigenvalue weighted by Gasteiger charge is 2.44. The number of rotatable bonds is 7. The summed E-state index contributed by atoms with van der Waals surface area (Å²) in [5, 5.41) is 0. The smallest absolute Gasteiger partial charge is 0.316 e. The van der Waals surface area contributed by atoms with Crippen LogP contribution >= 0.6 is 0 Å². The van der Waals surface area contributed by atoms with Crippen LogP contribution in [-0.2, 0) is 14.3 Å². The first-order chi connectivity index (χ1) is 12.7. The first kappa shape index (κ1) is 21.2. The highest BCUT2D eigenvalue weighted by atomic mass is 16.6. The Morgan fingerprint density at radius 2 is 1.67 bits per heavy atom. The van der Waals surface area contributed by atoms with Crippen LogP contribution in [0.2, 0.25) is 0 Å². The minimum absolute atomic E-state index is 0.514. The van der Waals surface area contributed by atoms with Gasteiger partial charge in [-0.1, -0.05) is 24.6 Å². The lowest BCUT2D eigenvalue weighted by Gasteiger charge is -2.38. The highest BCUT2D eigenvalue weighted by molar-refractivity contribution is 5.87. The molecular formula is C20H31N3O4. The Labute approximate surface area is 161 Å². The number of carbonyl (C=O) groups is 2. The van der Waals surface area contributed by atoms with E-state index >= 15 is 0 Å². The van der Waals surface area contributed by atoms with E-state index in [1.165, 1.54) is 0 Å². The normalized spacial score (nSPS) is 19.0. The first-order valence-electron chi connectivity index (χ1n) is 9.42. The fourth-order valence-electron chi connectivity index (χ4n) is 3.32. The number of benzene rings is 1. The average Bonchev–Trinajstić information content (AvgIpc) is 2.59. The molecule has 1 amide bonds. The summed E-state index contributed by atoms with van der Waals surface area (Å²) in [6, 6.07) is 8.07. The highest BCUT2D eigenvalue weighted by Crippen LogP contribution is 2.25. The lowest BCUT2D eigenvalue weighted by Crippen LogP contribution is -2.59. The van der Waals surface area contributed by atoms with Gasteiger partial charge < -0.3 is 15.2 Å². The largest absolute Gasteiger partial charge is 0.475 e. The summed E-state index contributed by atoms with van der Waals surface area (Å²) in [5.41, 5.74) is 11.2. The molecule has 0 bridgehead atoms. The molecule has 7 heteroatoms. The van der Waals surface area contributed by atoms with Crippen LogP contribution in [0.3, 0.4) is 0 Å². The second-order valence-electron chi connectivity index (χ2n) is 7.90. The number of nitrogens with zero attached hydrogens (tertiary/aromatic N) is 1. The molecule has 0 spiro atoms. The van der Waals surface area contributed by atoms with E-state index < -0.39 is 35.7 Å². The van der Waals surface area contributed by atoms with Gasteiger partial charge in [-0.3, -0.25) is 20.2 Å². The van der Waals surface area contributed by atoms with Crippen LogP contribution in [-0.4, -0.2) is 47.7 Å². The van der Waals surface area contributed by atoms with Crippen LogP contribution < -0.4 is 16.2 Å². The number of para-hydroxylation sites is 1. The number of carbonyl (C=O) groups excluding carboxylic acids is 2. The minimum atomic E-state index is -1.07. The van der Waals surface area contributed by atoms with Crippen LogP contribution in [0, 0.1) is 5.92 Å². The molecule has 2 rings (SSSR count). The number of nitrogens with two attached hydrogens (primary N) is 2. The van der Waals surface area contributed by atoms with Crippen molar-refractivity contribution in [3.05, 3.63) is 30.3 Å². The van der Waals surface area contributed by atoms with Gasteiger partial charge in [0.2, 0.25) is 5.91 Å². The lowest BCUT2D eigenvalue weighted by molar-refractivity contribution is -0.169. The molecule has 1 aliphatic heterocycles. The van der Waals surface area contributed by atoms with Crippen molar-refractivity contribution in [3.63, 3.8) is 0 Å². The summed E-state index contributed by atoms with van der Waals surface area (Å²) in [6.07, 6.45) is 1.91. The van der Waals surface area contributed by atoms with Gasteiger partial charge in [0.15, 0.2) is 6.23 Å². The number of piperidine rings is 1. The molecular weight excluding hydrogens is 346 g/mol. The third kappa shape index (κ3) is 6.22. The van der Waals surface area contributed by atoms with Gasteiger partial charge in [0.1, 0.15) is 23.3 Å². The summed E-state index contributed by atoms with van der Waals surface area (Å²) in [6.45, 7) is 6.68. The number of amides is 1. The monoisotopic (exact) mass is 377 g/mol. The van der Waals surface area contributed by atoms with Crippen LogP contribution in [0.1, 0.15) is 40.0 Å². The molecule has 1 saturated heterocycles. The molecule has 0 aliphatic carbocycles. The van der Waals surface area contributed by atoms with Crippen LogP contribution in [0.15, 0.2) is 30.3 Å². The molecule has 0 saturated carbocycles. The molecule has 150 valence electrons. The summed E-state index contributed by atoms with van der Waals surface area (Å²) in [7, 11) is 0. The maximum Gasteiger partial charge on any atom is 0.316 e. The SMILES string of the molecule is CC(C)(C)OC(=O)C([C@H](N)Oc1ccccc1)[C@H](C(N)=O)N1CCCCC1. The Morgan fingerprint density at radius 3 is 2.19 bits per heavy atom. The van der Waals surface area contributed by atoms with Gasteiger partial charge in [0.25, 0.3) is 0 Å². The average molecular weight is 377 g/mol. The van der Waals surface area contributed by atoms with Crippen molar-refractivity contribution in [2.75, 3.05) is 13.1 Å². The van der Waals surface area contributed by atoms with E-state index in [1.54, 1.807) is 45.0 Å². The third-order valence-electron chi connectivity index (χ3n) is 4.46. The van der Waals surface area contributed by atoms with E-state index in [0.29, 0.717) is 18.8 Å². The van der Waals surface area contributed by atoms with Gasteiger partial charge in [-0.05, 0) is 58.8 Å². The standard InChI is InChI=1S/C20H31N3O4/c1-20(2,3)27-19(25)15(18(22)26-14-10-6-4-7-11-14)16(17(21)24)23-12-8-5-9-13-23/h4,6-7,10-11,15-16,18H,5,8-9,12-13,22H2,1-3H3,(H2,21,24)/t15?,16-,18-/m1/s1. The van der Waals surface area contributed by atoms with Crippen molar-refractivity contribution < 1.29 is 19.1 Å². The first-order valence-corrected chi connectivity index (χ1v) is 9.42. The lowest BCUT2D eigenvalue weighted by atomic mass is 9.93. The van der Waals surface area contributed by atoms with Crippen molar-refractivity contribution in [1.82, 2.24) is 4.90 Å². The Kier molecular flexibility index (Phi) is 7.21. The molecule has 1 unspecified atom stereocenters. The topological polar surface area (TPSA) is 108 Å². The number of primary amides is 1. The molecule has 0 radical (unpaired) electrons. The number of ether oxygens (including phenoxy) is 2. The Balaban J connectivity index is 2.30. The fourth-order valence-corrected chi connectivity index (χ4v) is 3.32. The van der Waals surface area contributed by atoms with Gasteiger partial charge in [-0.25, -0.2) is 0 Å². The summed E-state index contributed by atoms with van der Waals surface area (Å²) >= 11 is 0. The molecule has 3 atom stereocenters. The van der Waals surface area contributed by atoms with Crippen LogP contribution in [0.4, 0.5) is 0 Å². The summed E-state index contributed by atoms with van der Waals surface area (Å²) in [4.78, 5) is 27.2. The molecule has 1 aromatic carbocycles. The number of hydrogen-bond acceptors (Lipinski definition) is 6. The predicted molar refractivity (Wildman–Crippen MR) is 103 cm³/mol. The van der Waals surface area contributed by atoms with Crippen molar-refractivity contribution in [1.29, 1.82) is 0 Å². The number of esters is 1. The fraction of sp³-hybridized carbons (Fsp3) is 0.600. The van der Waals surface area contributed by atoms with Gasteiger partial charge in [-0.2, -0.15) is 0 Å². The maximum absolute atomic E-state index is 13.0. The van der Waals surface area contributed by atoms with Gasteiger partial charge in [-0.15, -0.1) is 0 Å². The van der Waals surface area contributed by atoms with E-state index in [0.717, 1.165) is 19.3 Å².